The van der Waals surface area contributed by atoms with E-state index in [1.54, 1.807) is 19.1 Å². The first-order chi connectivity index (χ1) is 7.49. The van der Waals surface area contributed by atoms with Gasteiger partial charge in [0, 0.05) is 41.3 Å². The Bertz CT molecular complexity index is 441. The molecule has 0 saturated carbocycles. The molecular formula is C11H12CuN2O3. The predicted molar refractivity (Wildman–Crippen MR) is 61.2 cm³/mol. The van der Waals surface area contributed by atoms with E-state index in [2.05, 4.69) is 4.99 Å². The Kier molecular flexibility index (Phi) is 6.31. The van der Waals surface area contributed by atoms with Crippen LogP contribution in [0.25, 0.3) is 0 Å². The summed E-state index contributed by atoms with van der Waals surface area (Å²) in [5.41, 5.74) is 1.34. The van der Waals surface area contributed by atoms with Gasteiger partial charge in [-0.25, -0.2) is 0 Å². The maximum atomic E-state index is 10.8. The van der Waals surface area contributed by atoms with Crippen LogP contribution in [-0.4, -0.2) is 16.4 Å². The van der Waals surface area contributed by atoms with Gasteiger partial charge in [-0.3, -0.25) is 19.9 Å². The number of carbonyl (C=O) groups is 1. The third kappa shape index (κ3) is 5.38. The van der Waals surface area contributed by atoms with E-state index < -0.39 is 4.92 Å². The van der Waals surface area contributed by atoms with Crippen molar-refractivity contribution in [2.24, 2.45) is 4.99 Å². The Labute approximate surface area is 110 Å². The molecule has 0 heterocycles. The summed E-state index contributed by atoms with van der Waals surface area (Å²) in [7, 11) is 0. The molecule has 1 rings (SSSR count). The summed E-state index contributed by atoms with van der Waals surface area (Å²) < 4.78 is 0. The quantitative estimate of drug-likeness (QED) is 0.369. The van der Waals surface area contributed by atoms with Crippen molar-refractivity contribution in [1.82, 2.24) is 0 Å². The van der Waals surface area contributed by atoms with Crippen LogP contribution >= 0.6 is 0 Å². The molecule has 0 atom stereocenters. The molecule has 0 aliphatic heterocycles. The molecule has 17 heavy (non-hydrogen) atoms. The number of ketones is 1. The average Bonchev–Trinajstić information content (AvgIpc) is 2.16. The molecular weight excluding hydrogens is 272 g/mol. The van der Waals surface area contributed by atoms with Crippen molar-refractivity contribution < 1.29 is 26.8 Å². The van der Waals surface area contributed by atoms with Crippen LogP contribution in [0.15, 0.2) is 29.3 Å². The number of hydrogen-bond acceptors (Lipinski definition) is 4. The predicted octanol–water partition coefficient (Wildman–Crippen LogP) is 2.66. The Morgan fingerprint density at radius 1 is 1.29 bits per heavy atom. The number of hydrogen-bond donors (Lipinski definition) is 0. The Balaban J connectivity index is 0.00000256. The van der Waals surface area contributed by atoms with Crippen LogP contribution in [0.1, 0.15) is 20.3 Å². The van der Waals surface area contributed by atoms with Gasteiger partial charge in [0.1, 0.15) is 5.78 Å². The zero-order valence-corrected chi connectivity index (χ0v) is 10.4. The molecule has 0 aliphatic carbocycles. The first-order valence-electron chi connectivity index (χ1n) is 4.77. The molecule has 0 saturated heterocycles. The van der Waals surface area contributed by atoms with Crippen molar-refractivity contribution >= 4 is 22.9 Å². The number of carbonyl (C=O) groups excluding carboxylic acids is 1. The zero-order valence-electron chi connectivity index (χ0n) is 9.44. The second-order valence-corrected chi connectivity index (χ2v) is 3.50. The molecule has 1 radical (unpaired) electrons. The van der Waals surface area contributed by atoms with Gasteiger partial charge in [0.2, 0.25) is 0 Å². The van der Waals surface area contributed by atoms with Crippen molar-refractivity contribution in [2.75, 3.05) is 0 Å². The molecule has 1 aromatic carbocycles. The van der Waals surface area contributed by atoms with Gasteiger partial charge >= 0.3 is 0 Å². The van der Waals surface area contributed by atoms with E-state index >= 15 is 0 Å². The van der Waals surface area contributed by atoms with Crippen molar-refractivity contribution in [3.63, 3.8) is 0 Å². The molecule has 0 N–H and O–H groups in total. The molecule has 95 valence electrons. The number of non-ortho nitro benzene ring substituents is 1. The van der Waals surface area contributed by atoms with Crippen molar-refractivity contribution in [3.05, 3.63) is 34.4 Å². The summed E-state index contributed by atoms with van der Waals surface area (Å²) in [5, 5.41) is 10.4. The molecule has 0 amide bonds. The van der Waals surface area contributed by atoms with Crippen LogP contribution in [0.3, 0.4) is 0 Å². The van der Waals surface area contributed by atoms with Crippen LogP contribution in [0.5, 0.6) is 0 Å². The molecule has 0 bridgehead atoms. The third-order valence-corrected chi connectivity index (χ3v) is 1.89. The summed E-state index contributed by atoms with van der Waals surface area (Å²) >= 11 is 0. The summed E-state index contributed by atoms with van der Waals surface area (Å²) in [6.45, 7) is 3.25. The van der Waals surface area contributed by atoms with E-state index in [1.165, 1.54) is 19.1 Å². The fourth-order valence-electron chi connectivity index (χ4n) is 1.27. The molecule has 0 spiro atoms. The van der Waals surface area contributed by atoms with E-state index in [0.717, 1.165) is 0 Å². The molecule has 6 heteroatoms. The van der Waals surface area contributed by atoms with Gasteiger partial charge in [0.25, 0.3) is 5.69 Å². The number of nitrogens with zero attached hydrogens (tertiary/aromatic N) is 2. The van der Waals surface area contributed by atoms with Gasteiger partial charge in [0.15, 0.2) is 0 Å². The first kappa shape index (κ1) is 15.5. The number of Topliss-reactive ketones (excluding diaryl/α,β-unsaturated/α-hetero) is 1. The molecule has 0 aromatic heterocycles. The monoisotopic (exact) mass is 283 g/mol. The number of nitro groups is 1. The standard InChI is InChI=1S/C11H12N2O3.Cu/c1-8(7-9(2)14)12-10-3-5-11(6-4-10)13(15)16;/h3-6H,7H2,1-2H3;. The normalized spacial score (nSPS) is 10.6. The fraction of sp³-hybridized carbons (Fsp3) is 0.273. The van der Waals surface area contributed by atoms with Crippen molar-refractivity contribution in [1.29, 1.82) is 0 Å². The van der Waals surface area contributed by atoms with Gasteiger partial charge in [0.05, 0.1) is 10.6 Å². The van der Waals surface area contributed by atoms with E-state index in [0.29, 0.717) is 17.8 Å². The topological polar surface area (TPSA) is 72.6 Å². The van der Waals surface area contributed by atoms with Crippen molar-refractivity contribution in [3.8, 4) is 0 Å². The number of nitro benzene ring substituents is 1. The van der Waals surface area contributed by atoms with Crippen molar-refractivity contribution in [2.45, 2.75) is 20.3 Å². The smallest absolute Gasteiger partial charge is 0.269 e. The molecule has 0 aliphatic rings. The number of aliphatic imine (C=N–C) groups is 1. The Morgan fingerprint density at radius 2 is 1.82 bits per heavy atom. The minimum atomic E-state index is -0.462. The zero-order chi connectivity index (χ0) is 12.1. The maximum absolute atomic E-state index is 10.8. The van der Waals surface area contributed by atoms with Gasteiger partial charge in [-0.1, -0.05) is 0 Å². The first-order valence-corrected chi connectivity index (χ1v) is 4.77. The van der Waals surface area contributed by atoms with E-state index in [9.17, 15) is 14.9 Å². The fourth-order valence-corrected chi connectivity index (χ4v) is 1.27. The van der Waals surface area contributed by atoms with E-state index in [-0.39, 0.29) is 28.5 Å². The summed E-state index contributed by atoms with van der Waals surface area (Å²) in [6, 6.07) is 5.89. The Hall–Kier alpha value is -1.52. The SMILES string of the molecule is CC(=O)CC(C)=Nc1ccc([N+](=O)[O-])cc1.[Cu]. The second-order valence-electron chi connectivity index (χ2n) is 3.50. The van der Waals surface area contributed by atoms with Gasteiger partial charge in [-0.05, 0) is 26.0 Å². The van der Waals surface area contributed by atoms with E-state index in [4.69, 9.17) is 0 Å². The van der Waals surface area contributed by atoms with Crippen LogP contribution in [0, 0.1) is 10.1 Å². The molecule has 5 nitrogen and oxygen atoms in total. The molecule has 1 aromatic rings. The third-order valence-electron chi connectivity index (χ3n) is 1.89. The summed E-state index contributed by atoms with van der Waals surface area (Å²) in [4.78, 5) is 24.9. The largest absolute Gasteiger partial charge is 0.300 e. The maximum Gasteiger partial charge on any atom is 0.269 e. The Morgan fingerprint density at radius 3 is 2.24 bits per heavy atom. The minimum absolute atomic E-state index is 0. The average molecular weight is 284 g/mol. The van der Waals surface area contributed by atoms with E-state index in [1.807, 2.05) is 0 Å². The molecule has 0 unspecified atom stereocenters. The van der Waals surface area contributed by atoms with Gasteiger partial charge in [-0.2, -0.15) is 0 Å². The number of rotatable bonds is 4. The summed E-state index contributed by atoms with van der Waals surface area (Å²) in [5.74, 6) is 0.0446. The van der Waals surface area contributed by atoms with Crippen LogP contribution in [0.2, 0.25) is 0 Å². The second kappa shape index (κ2) is 6.93. The summed E-state index contributed by atoms with van der Waals surface area (Å²) in [6.07, 6.45) is 0.303. The van der Waals surface area contributed by atoms with Gasteiger partial charge in [-0.15, -0.1) is 0 Å². The van der Waals surface area contributed by atoms with Crippen LogP contribution in [-0.2, 0) is 21.9 Å². The minimum Gasteiger partial charge on any atom is -0.300 e. The number of benzene rings is 1. The van der Waals surface area contributed by atoms with Crippen LogP contribution < -0.4 is 0 Å². The molecule has 0 fully saturated rings. The van der Waals surface area contributed by atoms with Crippen LogP contribution in [0.4, 0.5) is 11.4 Å². The van der Waals surface area contributed by atoms with Gasteiger partial charge < -0.3 is 0 Å².